The van der Waals surface area contributed by atoms with Gasteiger partial charge in [0.05, 0.1) is 6.61 Å². The lowest BCUT2D eigenvalue weighted by molar-refractivity contribution is -0.143. The molecule has 3 N–H and O–H groups in total. The minimum atomic E-state index is -0.204. The van der Waals surface area contributed by atoms with Gasteiger partial charge in [0.25, 0.3) is 0 Å². The summed E-state index contributed by atoms with van der Waals surface area (Å²) in [6.07, 6.45) is 1.76. The van der Waals surface area contributed by atoms with Crippen LogP contribution in [-0.4, -0.2) is 17.8 Å². The standard InChI is InChI=1S/C9H17N3O2S/c1-6(2)5-14-9(13)7(3)15-8-4-10-12-11-8/h4,6-7,10-12H,5H2,1-3H3. The van der Waals surface area contributed by atoms with Gasteiger partial charge in [0.1, 0.15) is 10.3 Å². The average molecular weight is 231 g/mol. The quantitative estimate of drug-likeness (QED) is 0.606. The third-order valence-corrected chi connectivity index (χ3v) is 2.68. The first-order valence-corrected chi connectivity index (χ1v) is 5.77. The molecule has 0 aromatic heterocycles. The second-order valence-corrected chi connectivity index (χ2v) is 5.07. The highest BCUT2D eigenvalue weighted by Crippen LogP contribution is 2.20. The second-order valence-electron chi connectivity index (χ2n) is 3.69. The van der Waals surface area contributed by atoms with Crippen molar-refractivity contribution in [2.75, 3.05) is 6.61 Å². The molecule has 0 amide bonds. The van der Waals surface area contributed by atoms with E-state index in [-0.39, 0.29) is 11.2 Å². The molecule has 0 aromatic rings. The number of thioether (sulfide) groups is 1. The zero-order valence-corrected chi connectivity index (χ0v) is 9.98. The predicted octanol–water partition coefficient (Wildman–Crippen LogP) is 0.719. The Bertz CT molecular complexity index is 256. The van der Waals surface area contributed by atoms with E-state index in [1.54, 1.807) is 6.20 Å². The predicted molar refractivity (Wildman–Crippen MR) is 60.3 cm³/mol. The van der Waals surface area contributed by atoms with Crippen LogP contribution in [0.25, 0.3) is 0 Å². The largest absolute Gasteiger partial charge is 0.465 e. The van der Waals surface area contributed by atoms with Crippen LogP contribution in [0, 0.1) is 5.92 Å². The van der Waals surface area contributed by atoms with E-state index in [0.717, 1.165) is 5.03 Å². The number of hydrogen-bond acceptors (Lipinski definition) is 6. The van der Waals surface area contributed by atoms with Gasteiger partial charge in [-0.2, -0.15) is 5.53 Å². The third kappa shape index (κ3) is 4.44. The molecule has 0 saturated carbocycles. The minimum absolute atomic E-state index is 0.177. The van der Waals surface area contributed by atoms with Crippen LogP contribution in [0.1, 0.15) is 20.8 Å². The maximum atomic E-state index is 11.5. The lowest BCUT2D eigenvalue weighted by Gasteiger charge is -2.12. The molecule has 1 aliphatic rings. The summed E-state index contributed by atoms with van der Waals surface area (Å²) in [5, 5.41) is 0.674. The van der Waals surface area contributed by atoms with Gasteiger partial charge < -0.3 is 10.2 Å². The Kier molecular flexibility index (Phi) is 4.77. The van der Waals surface area contributed by atoms with E-state index in [0.29, 0.717) is 12.5 Å². The van der Waals surface area contributed by atoms with Gasteiger partial charge in [-0.05, 0) is 12.8 Å². The van der Waals surface area contributed by atoms with Crippen LogP contribution in [0.5, 0.6) is 0 Å². The van der Waals surface area contributed by atoms with Crippen molar-refractivity contribution in [3.8, 4) is 0 Å². The molecule has 0 fully saturated rings. The first-order chi connectivity index (χ1) is 7.09. The van der Waals surface area contributed by atoms with Crippen molar-refractivity contribution in [2.24, 2.45) is 5.92 Å². The highest BCUT2D eigenvalue weighted by Gasteiger charge is 2.18. The normalized spacial score (nSPS) is 16.7. The third-order valence-electron chi connectivity index (χ3n) is 1.66. The van der Waals surface area contributed by atoms with E-state index in [1.165, 1.54) is 11.8 Å². The summed E-state index contributed by atoms with van der Waals surface area (Å²) in [5.41, 5.74) is 8.33. The number of esters is 1. The number of hydrogen-bond donors (Lipinski definition) is 3. The summed E-state index contributed by atoms with van der Waals surface area (Å²) < 4.78 is 5.12. The van der Waals surface area contributed by atoms with E-state index >= 15 is 0 Å². The molecule has 6 heteroatoms. The van der Waals surface area contributed by atoms with Crippen LogP contribution in [0.2, 0.25) is 0 Å². The zero-order valence-electron chi connectivity index (χ0n) is 9.16. The maximum Gasteiger partial charge on any atom is 0.319 e. The van der Waals surface area contributed by atoms with Crippen LogP contribution >= 0.6 is 11.8 Å². The molecule has 1 heterocycles. The molecule has 0 saturated heterocycles. The molecular formula is C9H17N3O2S. The average Bonchev–Trinajstić information content (AvgIpc) is 2.66. The molecule has 86 valence electrons. The Morgan fingerprint density at radius 2 is 2.27 bits per heavy atom. The van der Waals surface area contributed by atoms with Crippen molar-refractivity contribution in [3.05, 3.63) is 11.2 Å². The van der Waals surface area contributed by atoms with Crippen molar-refractivity contribution in [1.82, 2.24) is 16.4 Å². The summed E-state index contributed by atoms with van der Waals surface area (Å²) in [7, 11) is 0. The Morgan fingerprint density at radius 3 is 2.80 bits per heavy atom. The van der Waals surface area contributed by atoms with Crippen LogP contribution in [0.4, 0.5) is 0 Å². The topological polar surface area (TPSA) is 62.4 Å². The van der Waals surface area contributed by atoms with E-state index < -0.39 is 0 Å². The second kappa shape index (κ2) is 5.87. The van der Waals surface area contributed by atoms with Gasteiger partial charge >= 0.3 is 5.97 Å². The molecule has 5 nitrogen and oxygen atoms in total. The summed E-state index contributed by atoms with van der Waals surface area (Å²) >= 11 is 1.42. The summed E-state index contributed by atoms with van der Waals surface area (Å²) in [6.45, 7) is 6.33. The molecule has 0 bridgehead atoms. The van der Waals surface area contributed by atoms with Crippen LogP contribution in [0.15, 0.2) is 11.2 Å². The lowest BCUT2D eigenvalue weighted by atomic mass is 10.2. The number of carbonyl (C=O) groups is 1. The number of rotatable bonds is 5. The smallest absolute Gasteiger partial charge is 0.319 e. The SMILES string of the molecule is CC(C)COC(=O)C(C)SC1=CNNN1. The number of ether oxygens (including phenoxy) is 1. The summed E-state index contributed by atoms with van der Waals surface area (Å²) in [6, 6.07) is 0. The van der Waals surface area contributed by atoms with Gasteiger partial charge in [-0.15, -0.1) is 0 Å². The van der Waals surface area contributed by atoms with Crippen molar-refractivity contribution in [1.29, 1.82) is 0 Å². The highest BCUT2D eigenvalue weighted by molar-refractivity contribution is 8.04. The van der Waals surface area contributed by atoms with Gasteiger partial charge in [-0.25, -0.2) is 0 Å². The minimum Gasteiger partial charge on any atom is -0.465 e. The fourth-order valence-corrected chi connectivity index (χ4v) is 1.69. The zero-order chi connectivity index (χ0) is 11.3. The Balaban J connectivity index is 2.26. The molecule has 1 aliphatic heterocycles. The van der Waals surface area contributed by atoms with Crippen molar-refractivity contribution < 1.29 is 9.53 Å². The van der Waals surface area contributed by atoms with Gasteiger partial charge in [-0.1, -0.05) is 25.6 Å². The molecule has 0 radical (unpaired) electrons. The molecule has 0 aromatic carbocycles. The first-order valence-electron chi connectivity index (χ1n) is 4.89. The summed E-state index contributed by atoms with van der Waals surface area (Å²) in [5.74, 6) is 0.196. The first kappa shape index (κ1) is 12.2. The van der Waals surface area contributed by atoms with E-state index in [1.807, 2.05) is 20.8 Å². The maximum absolute atomic E-state index is 11.5. The van der Waals surface area contributed by atoms with Crippen LogP contribution in [0.3, 0.4) is 0 Å². The van der Waals surface area contributed by atoms with E-state index in [4.69, 9.17) is 4.74 Å². The Morgan fingerprint density at radius 1 is 1.53 bits per heavy atom. The Labute approximate surface area is 94.0 Å². The van der Waals surface area contributed by atoms with Crippen LogP contribution < -0.4 is 16.4 Å². The number of nitrogens with one attached hydrogen (secondary N) is 3. The molecule has 0 aliphatic carbocycles. The molecule has 0 spiro atoms. The van der Waals surface area contributed by atoms with Gasteiger partial charge in [0, 0.05) is 6.20 Å². The monoisotopic (exact) mass is 231 g/mol. The van der Waals surface area contributed by atoms with Gasteiger partial charge in [-0.3, -0.25) is 10.2 Å². The van der Waals surface area contributed by atoms with E-state index in [2.05, 4.69) is 16.4 Å². The molecule has 15 heavy (non-hydrogen) atoms. The molecule has 1 rings (SSSR count). The summed E-state index contributed by atoms with van der Waals surface area (Å²) in [4.78, 5) is 11.5. The van der Waals surface area contributed by atoms with Gasteiger partial charge in [0.15, 0.2) is 0 Å². The number of hydrazine groups is 2. The highest BCUT2D eigenvalue weighted by atomic mass is 32.2. The van der Waals surface area contributed by atoms with Gasteiger partial charge in [0.2, 0.25) is 0 Å². The van der Waals surface area contributed by atoms with Crippen molar-refractivity contribution >= 4 is 17.7 Å². The van der Waals surface area contributed by atoms with Crippen molar-refractivity contribution in [3.63, 3.8) is 0 Å². The molecule has 1 atom stereocenters. The van der Waals surface area contributed by atoms with Crippen LogP contribution in [-0.2, 0) is 9.53 Å². The van der Waals surface area contributed by atoms with E-state index in [9.17, 15) is 4.79 Å². The Hall–Kier alpha value is -0.880. The fraction of sp³-hybridized carbons (Fsp3) is 0.667. The molecule has 1 unspecified atom stereocenters. The molecular weight excluding hydrogens is 214 g/mol. The number of carbonyl (C=O) groups excluding carboxylic acids is 1. The lowest BCUT2D eigenvalue weighted by Crippen LogP contribution is -2.31. The fourth-order valence-electron chi connectivity index (χ4n) is 0.904. The van der Waals surface area contributed by atoms with Crippen molar-refractivity contribution in [2.45, 2.75) is 26.0 Å².